The lowest BCUT2D eigenvalue weighted by Gasteiger charge is -2.20. The number of rotatable bonds is 6. The van der Waals surface area contributed by atoms with E-state index in [0.29, 0.717) is 25.0 Å². The van der Waals surface area contributed by atoms with Gasteiger partial charge in [0.15, 0.2) is 0 Å². The van der Waals surface area contributed by atoms with Gasteiger partial charge in [-0.3, -0.25) is 4.79 Å². The Kier molecular flexibility index (Phi) is 5.35. The highest BCUT2D eigenvalue weighted by Gasteiger charge is 2.14. The number of hydrogen-bond acceptors (Lipinski definition) is 6. The van der Waals surface area contributed by atoms with E-state index in [9.17, 15) is 4.79 Å². The van der Waals surface area contributed by atoms with Gasteiger partial charge < -0.3 is 14.4 Å². The second-order valence-corrected chi connectivity index (χ2v) is 3.67. The number of methoxy groups -OCH3 is 1. The average molecular weight is 253 g/mol. The van der Waals surface area contributed by atoms with Crippen molar-refractivity contribution in [1.82, 2.24) is 9.97 Å². The number of aromatic nitrogens is 2. The molecule has 0 aromatic carbocycles. The number of hydrogen-bond donors (Lipinski definition) is 0. The zero-order valence-corrected chi connectivity index (χ0v) is 11.3. The Labute approximate surface area is 107 Å². The molecule has 0 unspecified atom stereocenters. The molecule has 0 aliphatic carbocycles. The second-order valence-electron chi connectivity index (χ2n) is 3.67. The molecule has 6 nitrogen and oxygen atoms in total. The number of carbonyl (C=O) groups is 1. The van der Waals surface area contributed by atoms with Crippen molar-refractivity contribution in [2.24, 2.45) is 0 Å². The molecule has 0 N–H and O–H groups in total. The largest absolute Gasteiger partial charge is 0.481 e. The third-order valence-corrected chi connectivity index (χ3v) is 2.32. The number of carbonyl (C=O) groups excluding carboxylic acids is 1. The van der Waals surface area contributed by atoms with Gasteiger partial charge in [-0.1, -0.05) is 0 Å². The summed E-state index contributed by atoms with van der Waals surface area (Å²) < 4.78 is 10.0. The number of aryl methyl sites for hydroxylation is 1. The topological polar surface area (TPSA) is 64.5 Å². The lowest BCUT2D eigenvalue weighted by Crippen LogP contribution is -2.32. The first-order chi connectivity index (χ1) is 8.60. The first-order valence-electron chi connectivity index (χ1n) is 5.90. The summed E-state index contributed by atoms with van der Waals surface area (Å²) in [5, 5.41) is 0. The van der Waals surface area contributed by atoms with Crippen LogP contribution in [0.25, 0.3) is 0 Å². The van der Waals surface area contributed by atoms with Crippen LogP contribution in [0.1, 0.15) is 19.5 Å². The number of anilines is 1. The molecular weight excluding hydrogens is 234 g/mol. The Bertz CT molecular complexity index is 410. The fraction of sp³-hybridized carbons (Fsp3) is 0.583. The summed E-state index contributed by atoms with van der Waals surface area (Å²) in [5.41, 5.74) is 0.791. The van der Waals surface area contributed by atoms with E-state index < -0.39 is 0 Å². The zero-order valence-electron chi connectivity index (χ0n) is 11.3. The van der Waals surface area contributed by atoms with Crippen LogP contribution in [-0.4, -0.2) is 42.7 Å². The fourth-order valence-electron chi connectivity index (χ4n) is 1.46. The summed E-state index contributed by atoms with van der Waals surface area (Å²) >= 11 is 0. The van der Waals surface area contributed by atoms with Gasteiger partial charge in [0, 0.05) is 18.3 Å². The third kappa shape index (κ3) is 3.87. The van der Waals surface area contributed by atoms with E-state index in [-0.39, 0.29) is 12.5 Å². The summed E-state index contributed by atoms with van der Waals surface area (Å²) in [4.78, 5) is 21.7. The van der Waals surface area contributed by atoms with E-state index in [0.717, 1.165) is 5.69 Å². The van der Waals surface area contributed by atoms with Gasteiger partial charge in [0.1, 0.15) is 6.54 Å². The molecule has 18 heavy (non-hydrogen) atoms. The predicted molar refractivity (Wildman–Crippen MR) is 67.8 cm³/mol. The van der Waals surface area contributed by atoms with Crippen LogP contribution in [0.5, 0.6) is 5.88 Å². The lowest BCUT2D eigenvalue weighted by molar-refractivity contribution is -0.141. The maximum Gasteiger partial charge on any atom is 0.325 e. The van der Waals surface area contributed by atoms with Gasteiger partial charge in [-0.2, -0.15) is 4.98 Å². The van der Waals surface area contributed by atoms with Crippen molar-refractivity contribution < 1.29 is 14.3 Å². The molecule has 0 spiro atoms. The summed E-state index contributed by atoms with van der Waals surface area (Å²) in [6, 6.07) is 1.74. The minimum absolute atomic E-state index is 0.136. The summed E-state index contributed by atoms with van der Waals surface area (Å²) in [6.07, 6.45) is 0. The molecule has 1 aromatic heterocycles. The maximum absolute atomic E-state index is 11.5. The van der Waals surface area contributed by atoms with Crippen molar-refractivity contribution >= 4 is 11.9 Å². The van der Waals surface area contributed by atoms with E-state index in [2.05, 4.69) is 9.97 Å². The molecule has 100 valence electrons. The summed E-state index contributed by atoms with van der Waals surface area (Å²) in [5.74, 6) is 0.672. The molecule has 6 heteroatoms. The Morgan fingerprint density at radius 2 is 2.11 bits per heavy atom. The second kappa shape index (κ2) is 6.78. The van der Waals surface area contributed by atoms with Gasteiger partial charge in [0.05, 0.1) is 13.7 Å². The molecule has 0 atom stereocenters. The van der Waals surface area contributed by atoms with Crippen LogP contribution in [0.15, 0.2) is 6.07 Å². The van der Waals surface area contributed by atoms with Crippen molar-refractivity contribution in [3.63, 3.8) is 0 Å². The van der Waals surface area contributed by atoms with Crippen molar-refractivity contribution in [2.75, 3.05) is 31.7 Å². The lowest BCUT2D eigenvalue weighted by atomic mass is 10.4. The Morgan fingerprint density at radius 3 is 2.67 bits per heavy atom. The molecule has 0 saturated heterocycles. The van der Waals surface area contributed by atoms with E-state index in [1.807, 2.05) is 13.8 Å². The summed E-state index contributed by atoms with van der Waals surface area (Å²) in [6.45, 7) is 6.68. The Morgan fingerprint density at radius 1 is 1.39 bits per heavy atom. The minimum Gasteiger partial charge on any atom is -0.481 e. The van der Waals surface area contributed by atoms with Crippen molar-refractivity contribution in [3.8, 4) is 5.88 Å². The molecule has 0 aliphatic rings. The number of ether oxygens (including phenoxy) is 2. The number of nitrogens with zero attached hydrogens (tertiary/aromatic N) is 3. The van der Waals surface area contributed by atoms with Gasteiger partial charge in [0.25, 0.3) is 0 Å². The van der Waals surface area contributed by atoms with E-state index in [1.54, 1.807) is 25.0 Å². The normalized spacial score (nSPS) is 10.0. The monoisotopic (exact) mass is 253 g/mol. The Balaban J connectivity index is 2.87. The maximum atomic E-state index is 11.5. The van der Waals surface area contributed by atoms with Crippen molar-refractivity contribution in [1.29, 1.82) is 0 Å². The standard InChI is InChI=1S/C12H19N3O3/c1-5-15(8-11(16)18-6-2)12-13-9(3)7-10(14-12)17-4/h7H,5-6,8H2,1-4H3. The number of esters is 1. The highest BCUT2D eigenvalue weighted by Crippen LogP contribution is 2.14. The minimum atomic E-state index is -0.288. The SMILES string of the molecule is CCOC(=O)CN(CC)c1nc(C)cc(OC)n1. The fourth-order valence-corrected chi connectivity index (χ4v) is 1.46. The quantitative estimate of drug-likeness (QED) is 0.709. The van der Waals surface area contributed by atoms with Gasteiger partial charge in [-0.25, -0.2) is 4.98 Å². The van der Waals surface area contributed by atoms with Crippen LogP contribution in [0.2, 0.25) is 0 Å². The average Bonchev–Trinajstić information content (AvgIpc) is 2.35. The van der Waals surface area contributed by atoms with Gasteiger partial charge >= 0.3 is 5.97 Å². The highest BCUT2D eigenvalue weighted by atomic mass is 16.5. The van der Waals surface area contributed by atoms with Crippen LogP contribution >= 0.6 is 0 Å². The molecular formula is C12H19N3O3. The van der Waals surface area contributed by atoms with Gasteiger partial charge in [0.2, 0.25) is 11.8 Å². The van der Waals surface area contributed by atoms with Gasteiger partial charge in [-0.05, 0) is 20.8 Å². The highest BCUT2D eigenvalue weighted by molar-refractivity contribution is 5.74. The molecule has 0 bridgehead atoms. The van der Waals surface area contributed by atoms with E-state index >= 15 is 0 Å². The molecule has 1 rings (SSSR count). The van der Waals surface area contributed by atoms with Crippen molar-refractivity contribution in [2.45, 2.75) is 20.8 Å². The molecule has 0 radical (unpaired) electrons. The molecule has 0 fully saturated rings. The molecule has 0 aliphatic heterocycles. The van der Waals surface area contributed by atoms with Crippen LogP contribution in [-0.2, 0) is 9.53 Å². The smallest absolute Gasteiger partial charge is 0.325 e. The Hall–Kier alpha value is -1.85. The van der Waals surface area contributed by atoms with Crippen LogP contribution < -0.4 is 9.64 Å². The van der Waals surface area contributed by atoms with E-state index in [4.69, 9.17) is 9.47 Å². The molecule has 0 amide bonds. The summed E-state index contributed by atoms with van der Waals surface area (Å²) in [7, 11) is 1.55. The predicted octanol–water partition coefficient (Wildman–Crippen LogP) is 1.18. The zero-order chi connectivity index (χ0) is 13.5. The first kappa shape index (κ1) is 14.2. The molecule has 1 heterocycles. The first-order valence-corrected chi connectivity index (χ1v) is 5.90. The van der Waals surface area contributed by atoms with Crippen LogP contribution in [0.4, 0.5) is 5.95 Å². The van der Waals surface area contributed by atoms with Crippen molar-refractivity contribution in [3.05, 3.63) is 11.8 Å². The molecule has 1 aromatic rings. The number of likely N-dealkylation sites (N-methyl/N-ethyl adjacent to an activating group) is 1. The molecule has 0 saturated carbocycles. The van der Waals surface area contributed by atoms with E-state index in [1.165, 1.54) is 0 Å². The van der Waals surface area contributed by atoms with Crippen LogP contribution in [0.3, 0.4) is 0 Å². The van der Waals surface area contributed by atoms with Crippen LogP contribution in [0, 0.1) is 6.92 Å². The third-order valence-electron chi connectivity index (χ3n) is 2.32. The van der Waals surface area contributed by atoms with Gasteiger partial charge in [-0.15, -0.1) is 0 Å².